The van der Waals surface area contributed by atoms with Crippen molar-refractivity contribution in [3.63, 3.8) is 0 Å². The molecule has 0 spiro atoms. The van der Waals surface area contributed by atoms with E-state index in [2.05, 4.69) is 37.2 Å². The number of unbranched alkanes of at least 4 members (excludes halogenated alkanes) is 1. The van der Waals surface area contributed by atoms with Gasteiger partial charge in [0.05, 0.1) is 18.9 Å². The molecule has 2 aromatic carbocycles. The largest absolute Gasteiger partial charge is 0.481 e. The van der Waals surface area contributed by atoms with Gasteiger partial charge >= 0.3 is 17.9 Å². The Kier molecular flexibility index (Phi) is 27.5. The molecule has 0 aliphatic carbocycles. The maximum Gasteiger partial charge on any atom is 0.305 e. The summed E-state index contributed by atoms with van der Waals surface area (Å²) in [6.07, 6.45) is -3.33. The second-order valence-corrected chi connectivity index (χ2v) is 20.3. The van der Waals surface area contributed by atoms with Crippen molar-refractivity contribution in [2.45, 2.75) is 155 Å². The summed E-state index contributed by atoms with van der Waals surface area (Å²) in [6.45, 7) is 12.6. The Hall–Kier alpha value is -7.04. The van der Waals surface area contributed by atoms with Crippen LogP contribution in [0.25, 0.3) is 0 Å². The first-order chi connectivity index (χ1) is 34.9. The summed E-state index contributed by atoms with van der Waals surface area (Å²) in [5, 5.41) is 46.0. The Labute approximate surface area is 435 Å². The van der Waals surface area contributed by atoms with E-state index in [-0.39, 0.29) is 37.5 Å². The zero-order chi connectivity index (χ0) is 55.5. The van der Waals surface area contributed by atoms with Gasteiger partial charge in [-0.25, -0.2) is 0 Å². The fraction of sp³-hybridized carbons (Fsp3) is 0.549. The average molecular weight is 1060 g/mol. The van der Waals surface area contributed by atoms with Crippen molar-refractivity contribution in [1.82, 2.24) is 37.2 Å². The summed E-state index contributed by atoms with van der Waals surface area (Å²) in [5.74, 6) is -9.96. The van der Waals surface area contributed by atoms with Crippen LogP contribution in [-0.4, -0.2) is 135 Å². The highest BCUT2D eigenvalue weighted by atomic mass is 32.2. The minimum atomic E-state index is -1.82. The molecule has 0 fully saturated rings. The second-order valence-electron chi connectivity index (χ2n) is 19.2. The van der Waals surface area contributed by atoms with Gasteiger partial charge in [0.1, 0.15) is 30.2 Å². The molecule has 0 radical (unpaired) electrons. The minimum Gasteiger partial charge on any atom is -0.481 e. The van der Waals surface area contributed by atoms with E-state index in [0.717, 1.165) is 18.4 Å². The predicted octanol–water partition coefficient (Wildman–Crippen LogP) is 2.13. The van der Waals surface area contributed by atoms with Gasteiger partial charge in [-0.05, 0) is 60.0 Å². The van der Waals surface area contributed by atoms with E-state index >= 15 is 0 Å². The molecule has 2 aromatic rings. The molecule has 0 heterocycles. The summed E-state index contributed by atoms with van der Waals surface area (Å²) < 4.78 is 5.31. The molecule has 22 nitrogen and oxygen atoms in total. The van der Waals surface area contributed by atoms with Crippen molar-refractivity contribution in [2.75, 3.05) is 11.5 Å². The molecule has 0 bridgehead atoms. The van der Waals surface area contributed by atoms with E-state index in [1.165, 1.54) is 11.8 Å². The van der Waals surface area contributed by atoms with E-state index in [4.69, 9.17) is 9.84 Å². The molecule has 7 atom stereocenters. The first-order valence-electron chi connectivity index (χ1n) is 24.4. The van der Waals surface area contributed by atoms with Crippen molar-refractivity contribution >= 4 is 77.5 Å². The lowest BCUT2D eigenvalue weighted by Crippen LogP contribution is -2.62. The monoisotopic (exact) mass is 1060 g/mol. The van der Waals surface area contributed by atoms with Crippen molar-refractivity contribution in [1.29, 1.82) is 0 Å². The quantitative estimate of drug-likeness (QED) is 0.0355. The number of amides is 7. The number of hydrogen-bond donors (Lipinski definition) is 10. The molecule has 10 N–H and O–H groups in total. The lowest BCUT2D eigenvalue weighted by molar-refractivity contribution is -0.147. The highest BCUT2D eigenvalue weighted by Gasteiger charge is 2.39. The van der Waals surface area contributed by atoms with Gasteiger partial charge in [-0.2, -0.15) is 11.8 Å². The normalized spacial score (nSPS) is 14.0. The van der Waals surface area contributed by atoms with Gasteiger partial charge in [-0.3, -0.25) is 52.7 Å². The topological polar surface area (TPSA) is 342 Å². The van der Waals surface area contributed by atoms with Crippen LogP contribution in [0.1, 0.15) is 110 Å². The molecule has 0 aliphatic heterocycles. The molecule has 7 amide bonds. The lowest BCUT2D eigenvalue weighted by atomic mass is 9.85. The zero-order valence-electron chi connectivity index (χ0n) is 43.0. The number of aryl methyl sites for hydroxylation is 1. The van der Waals surface area contributed by atoms with Gasteiger partial charge < -0.3 is 57.3 Å². The van der Waals surface area contributed by atoms with E-state index in [9.17, 15) is 63.0 Å². The van der Waals surface area contributed by atoms with Crippen LogP contribution in [0.3, 0.4) is 0 Å². The SMILES string of the molecule is CCCCSCC(NC(=O)[C@H](CC(C)C)NC(=O)[C@@H](NC(=O)[C@H](Cc1ccccc1C)NC(=O)[C@H](CCC(=O)O)NC(=O)[C@H](CC(=O)O)NC(=O)CCC(=O)O)C(C)(C)C)C(OC=O)C(=O)NCc1ccccc1. The number of hydrogen-bond acceptors (Lipinski definition) is 13. The Morgan fingerprint density at radius 1 is 0.662 bits per heavy atom. The Morgan fingerprint density at radius 2 is 1.24 bits per heavy atom. The van der Waals surface area contributed by atoms with Gasteiger partial charge in [-0.15, -0.1) is 0 Å². The highest BCUT2D eigenvalue weighted by Crippen LogP contribution is 2.22. The Balaban J connectivity index is 2.52. The summed E-state index contributed by atoms with van der Waals surface area (Å²) in [5.41, 5.74) is 0.985. The van der Waals surface area contributed by atoms with Crippen LogP contribution < -0.4 is 37.2 Å². The summed E-state index contributed by atoms with van der Waals surface area (Å²) >= 11 is 1.44. The lowest BCUT2D eigenvalue weighted by Gasteiger charge is -2.34. The molecule has 0 aromatic heterocycles. The number of benzene rings is 2. The number of carbonyl (C=O) groups excluding carboxylic acids is 8. The Morgan fingerprint density at radius 3 is 1.82 bits per heavy atom. The number of carboxylic acids is 3. The first kappa shape index (κ1) is 63.1. The fourth-order valence-electron chi connectivity index (χ4n) is 7.33. The number of nitrogens with one attached hydrogen (secondary N) is 7. The maximum absolute atomic E-state index is 14.6. The van der Waals surface area contributed by atoms with Gasteiger partial charge in [0, 0.05) is 31.6 Å². The minimum absolute atomic E-state index is 0.0895. The number of thioether (sulfide) groups is 1. The third-order valence-corrected chi connectivity index (χ3v) is 12.5. The van der Waals surface area contributed by atoms with Gasteiger partial charge in [0.25, 0.3) is 12.4 Å². The van der Waals surface area contributed by atoms with Crippen molar-refractivity contribution < 1.29 is 72.8 Å². The van der Waals surface area contributed by atoms with Gasteiger partial charge in [0.15, 0.2) is 0 Å². The molecule has 0 aliphatic rings. The molecule has 0 saturated carbocycles. The van der Waals surface area contributed by atoms with Crippen LogP contribution in [0.2, 0.25) is 0 Å². The van der Waals surface area contributed by atoms with Crippen LogP contribution in [0, 0.1) is 18.3 Å². The molecular formula is C51H73N7O15S. The van der Waals surface area contributed by atoms with Crippen molar-refractivity contribution in [2.24, 2.45) is 11.3 Å². The number of rotatable bonds is 34. The molecule has 0 saturated heterocycles. The van der Waals surface area contributed by atoms with Crippen LogP contribution in [-0.2, 0) is 70.4 Å². The number of ether oxygens (including phenoxy) is 1. The van der Waals surface area contributed by atoms with Crippen LogP contribution in [0.15, 0.2) is 54.6 Å². The molecule has 2 unspecified atom stereocenters. The number of carboxylic acid groups (broad SMARTS) is 3. The molecule has 23 heteroatoms. The van der Waals surface area contributed by atoms with Crippen molar-refractivity contribution in [3.8, 4) is 0 Å². The Bertz CT molecular complexity index is 2240. The third-order valence-electron chi connectivity index (χ3n) is 11.4. The van der Waals surface area contributed by atoms with Crippen LogP contribution in [0.5, 0.6) is 0 Å². The van der Waals surface area contributed by atoms with Crippen LogP contribution in [0.4, 0.5) is 0 Å². The first-order valence-corrected chi connectivity index (χ1v) is 25.5. The van der Waals surface area contributed by atoms with E-state index in [1.807, 2.05) is 26.8 Å². The van der Waals surface area contributed by atoms with E-state index in [1.54, 1.807) is 76.2 Å². The molecule has 2 rings (SSSR count). The summed E-state index contributed by atoms with van der Waals surface area (Å²) in [7, 11) is 0. The average Bonchev–Trinajstić information content (AvgIpc) is 3.32. The number of aliphatic carboxylic acids is 3. The standard InChI is InChI=1S/C51H73N7O15S/c1-8-9-23-74-28-38(43(73-29-59)49(71)52-27-32-16-11-10-12-17-32)57-46(68)35(24-30(2)3)56-50(72)44(51(5,6)7)58-48(70)36(25-33-18-14-13-15-31(33)4)55-45(67)34(19-21-40(61)62)54-47(69)37(26-42(65)66)53-39(60)20-22-41(63)64/h10-18,29-30,34-38,43-44H,8-9,19-28H2,1-7H3,(H,52,71)(H,53,60)(H,54,69)(H,55,67)(H,56,72)(H,57,68)(H,58,70)(H,61,62)(H,63,64)(H,65,66)/t34-,35-,36-,37-,38?,43?,44+/m0/s1. The predicted molar refractivity (Wildman–Crippen MR) is 273 cm³/mol. The zero-order valence-corrected chi connectivity index (χ0v) is 43.8. The summed E-state index contributed by atoms with van der Waals surface area (Å²) in [6, 6.07) is 7.13. The van der Waals surface area contributed by atoms with Crippen LogP contribution >= 0.6 is 11.8 Å². The van der Waals surface area contributed by atoms with Crippen molar-refractivity contribution in [3.05, 3.63) is 71.3 Å². The molecule has 74 heavy (non-hydrogen) atoms. The smallest absolute Gasteiger partial charge is 0.305 e. The number of carbonyl (C=O) groups is 11. The molecular weight excluding hydrogens is 983 g/mol. The van der Waals surface area contributed by atoms with Gasteiger partial charge in [-0.1, -0.05) is 103 Å². The van der Waals surface area contributed by atoms with E-state index in [0.29, 0.717) is 16.9 Å². The fourth-order valence-corrected chi connectivity index (χ4v) is 8.50. The third kappa shape index (κ3) is 23.7. The highest BCUT2D eigenvalue weighted by molar-refractivity contribution is 7.99. The molecule has 408 valence electrons. The van der Waals surface area contributed by atoms with Gasteiger partial charge in [0.2, 0.25) is 41.5 Å². The van der Waals surface area contributed by atoms with E-state index < -0.39 is 139 Å². The maximum atomic E-state index is 14.6. The second kappa shape index (κ2) is 32.2. The summed E-state index contributed by atoms with van der Waals surface area (Å²) in [4.78, 5) is 143.